The van der Waals surface area contributed by atoms with Crippen molar-refractivity contribution in [2.75, 3.05) is 31.2 Å². The van der Waals surface area contributed by atoms with E-state index in [0.717, 1.165) is 25.2 Å². The fourth-order valence-electron chi connectivity index (χ4n) is 2.02. The molecule has 1 heterocycles. The summed E-state index contributed by atoms with van der Waals surface area (Å²) in [7, 11) is 2.11. The smallest absolute Gasteiger partial charge is 0.0992 e. The summed E-state index contributed by atoms with van der Waals surface area (Å²) < 4.78 is 0. The maximum absolute atomic E-state index is 8.83. The minimum atomic E-state index is 0.432. The lowest BCUT2D eigenvalue weighted by Crippen LogP contribution is -2.24. The van der Waals surface area contributed by atoms with Crippen molar-refractivity contribution in [2.24, 2.45) is 0 Å². The molecule has 4 heteroatoms. The van der Waals surface area contributed by atoms with Crippen LogP contribution in [0.5, 0.6) is 0 Å². The van der Waals surface area contributed by atoms with Gasteiger partial charge in [0.05, 0.1) is 23.0 Å². The molecule has 1 atom stereocenters. The van der Waals surface area contributed by atoms with Crippen molar-refractivity contribution in [3.05, 3.63) is 23.8 Å². The Morgan fingerprint density at radius 1 is 1.56 bits per heavy atom. The third-order valence-corrected chi connectivity index (χ3v) is 2.93. The predicted molar refractivity (Wildman–Crippen MR) is 65.1 cm³/mol. The average molecular weight is 216 g/mol. The van der Waals surface area contributed by atoms with E-state index in [4.69, 9.17) is 11.0 Å². The van der Waals surface area contributed by atoms with Crippen molar-refractivity contribution in [3.8, 4) is 6.07 Å². The lowest BCUT2D eigenvalue weighted by molar-refractivity contribution is 0.414. The number of nitrogens with zero attached hydrogens (tertiary/aromatic N) is 2. The molecule has 0 radical (unpaired) electrons. The van der Waals surface area contributed by atoms with Gasteiger partial charge in [-0.05, 0) is 38.2 Å². The van der Waals surface area contributed by atoms with Gasteiger partial charge in [0.1, 0.15) is 0 Å². The van der Waals surface area contributed by atoms with Gasteiger partial charge in [0.25, 0.3) is 0 Å². The van der Waals surface area contributed by atoms with E-state index in [1.165, 1.54) is 0 Å². The molecule has 1 aliphatic heterocycles. The van der Waals surface area contributed by atoms with Gasteiger partial charge in [-0.1, -0.05) is 0 Å². The van der Waals surface area contributed by atoms with Crippen LogP contribution in [-0.4, -0.2) is 31.1 Å². The SMILES string of the molecule is CN1CCC(Nc2cc(C#N)ccc2N)C1. The quantitative estimate of drug-likeness (QED) is 0.730. The minimum absolute atomic E-state index is 0.432. The number of nitrogens with one attached hydrogen (secondary N) is 1. The van der Waals surface area contributed by atoms with E-state index in [1.54, 1.807) is 12.1 Å². The maximum atomic E-state index is 8.83. The number of nitrogen functional groups attached to an aromatic ring is 1. The maximum Gasteiger partial charge on any atom is 0.0992 e. The Morgan fingerprint density at radius 2 is 2.38 bits per heavy atom. The van der Waals surface area contributed by atoms with Crippen molar-refractivity contribution >= 4 is 11.4 Å². The summed E-state index contributed by atoms with van der Waals surface area (Å²) in [4.78, 5) is 2.28. The molecule has 0 aromatic heterocycles. The molecule has 0 spiro atoms. The molecule has 0 saturated carbocycles. The van der Waals surface area contributed by atoms with Crippen molar-refractivity contribution in [1.82, 2.24) is 4.90 Å². The van der Waals surface area contributed by atoms with E-state index in [2.05, 4.69) is 23.3 Å². The number of rotatable bonds is 2. The van der Waals surface area contributed by atoms with Gasteiger partial charge < -0.3 is 16.0 Å². The molecule has 0 aliphatic carbocycles. The molecule has 16 heavy (non-hydrogen) atoms. The fraction of sp³-hybridized carbons (Fsp3) is 0.417. The number of likely N-dealkylation sites (N-methyl/N-ethyl adjacent to an activating group) is 1. The molecule has 0 amide bonds. The first-order valence-corrected chi connectivity index (χ1v) is 5.44. The molecule has 1 aromatic rings. The first kappa shape index (κ1) is 10.8. The van der Waals surface area contributed by atoms with Crippen LogP contribution in [0.3, 0.4) is 0 Å². The second-order valence-electron chi connectivity index (χ2n) is 4.31. The summed E-state index contributed by atoms with van der Waals surface area (Å²) in [6.45, 7) is 2.13. The zero-order valence-corrected chi connectivity index (χ0v) is 9.40. The van der Waals surface area contributed by atoms with E-state index in [9.17, 15) is 0 Å². The van der Waals surface area contributed by atoms with E-state index < -0.39 is 0 Å². The molecular weight excluding hydrogens is 200 g/mol. The van der Waals surface area contributed by atoms with Crippen LogP contribution in [0.4, 0.5) is 11.4 Å². The highest BCUT2D eigenvalue weighted by atomic mass is 15.2. The largest absolute Gasteiger partial charge is 0.397 e. The summed E-state index contributed by atoms with van der Waals surface area (Å²) in [5.74, 6) is 0. The van der Waals surface area contributed by atoms with E-state index in [-0.39, 0.29) is 0 Å². The third-order valence-electron chi connectivity index (χ3n) is 2.93. The van der Waals surface area contributed by atoms with Crippen LogP contribution >= 0.6 is 0 Å². The number of anilines is 2. The van der Waals surface area contributed by atoms with Crippen LogP contribution in [0.15, 0.2) is 18.2 Å². The van der Waals surface area contributed by atoms with Crippen LogP contribution in [0, 0.1) is 11.3 Å². The van der Waals surface area contributed by atoms with Crippen molar-refractivity contribution in [1.29, 1.82) is 5.26 Å². The van der Waals surface area contributed by atoms with Crippen molar-refractivity contribution in [2.45, 2.75) is 12.5 Å². The lowest BCUT2D eigenvalue weighted by atomic mass is 10.1. The lowest BCUT2D eigenvalue weighted by Gasteiger charge is -2.16. The van der Waals surface area contributed by atoms with Crippen LogP contribution in [0.2, 0.25) is 0 Å². The van der Waals surface area contributed by atoms with Crippen molar-refractivity contribution in [3.63, 3.8) is 0 Å². The molecule has 1 aliphatic rings. The Morgan fingerprint density at radius 3 is 3.00 bits per heavy atom. The Balaban J connectivity index is 2.12. The second kappa shape index (κ2) is 4.42. The number of hydrogen-bond acceptors (Lipinski definition) is 4. The second-order valence-corrected chi connectivity index (χ2v) is 4.31. The molecule has 1 fully saturated rings. The predicted octanol–water partition coefficient (Wildman–Crippen LogP) is 1.26. The number of likely N-dealkylation sites (tertiary alicyclic amines) is 1. The van der Waals surface area contributed by atoms with E-state index >= 15 is 0 Å². The minimum Gasteiger partial charge on any atom is -0.397 e. The standard InChI is InChI=1S/C12H16N4/c1-16-5-4-10(8-16)15-12-6-9(7-13)2-3-11(12)14/h2-3,6,10,15H,4-5,8,14H2,1H3. The van der Waals surface area contributed by atoms with Crippen LogP contribution in [-0.2, 0) is 0 Å². The summed E-state index contributed by atoms with van der Waals surface area (Å²) >= 11 is 0. The van der Waals surface area contributed by atoms with Gasteiger partial charge in [-0.2, -0.15) is 5.26 Å². The zero-order valence-electron chi connectivity index (χ0n) is 9.40. The third kappa shape index (κ3) is 2.26. The molecule has 1 unspecified atom stereocenters. The molecule has 3 N–H and O–H groups in total. The fourth-order valence-corrected chi connectivity index (χ4v) is 2.02. The topological polar surface area (TPSA) is 65.1 Å². The van der Waals surface area contributed by atoms with E-state index in [1.807, 2.05) is 6.07 Å². The van der Waals surface area contributed by atoms with Gasteiger partial charge in [0.2, 0.25) is 0 Å². The summed E-state index contributed by atoms with van der Waals surface area (Å²) in [5, 5.41) is 12.2. The molecule has 84 valence electrons. The van der Waals surface area contributed by atoms with Gasteiger partial charge in [-0.15, -0.1) is 0 Å². The summed E-state index contributed by atoms with van der Waals surface area (Å²) in [5.41, 5.74) is 8.09. The number of nitrogens with two attached hydrogens (primary N) is 1. The normalized spacial score (nSPS) is 20.6. The van der Waals surface area contributed by atoms with Gasteiger partial charge >= 0.3 is 0 Å². The Labute approximate surface area is 95.7 Å². The van der Waals surface area contributed by atoms with Crippen LogP contribution in [0.1, 0.15) is 12.0 Å². The molecule has 1 aromatic carbocycles. The molecule has 1 saturated heterocycles. The number of hydrogen-bond donors (Lipinski definition) is 2. The van der Waals surface area contributed by atoms with Crippen molar-refractivity contribution < 1.29 is 0 Å². The number of benzene rings is 1. The van der Waals surface area contributed by atoms with Gasteiger partial charge in [0.15, 0.2) is 0 Å². The summed E-state index contributed by atoms with van der Waals surface area (Å²) in [6, 6.07) is 7.88. The molecule has 2 rings (SSSR count). The van der Waals surface area contributed by atoms with E-state index in [0.29, 0.717) is 17.3 Å². The first-order chi connectivity index (χ1) is 7.69. The summed E-state index contributed by atoms with van der Waals surface area (Å²) in [6.07, 6.45) is 1.12. The molecule has 0 bridgehead atoms. The van der Waals surface area contributed by atoms with Crippen LogP contribution in [0.25, 0.3) is 0 Å². The van der Waals surface area contributed by atoms with Gasteiger partial charge in [-0.25, -0.2) is 0 Å². The monoisotopic (exact) mass is 216 g/mol. The first-order valence-electron chi connectivity index (χ1n) is 5.44. The molecular formula is C12H16N4. The highest BCUT2D eigenvalue weighted by Gasteiger charge is 2.19. The Hall–Kier alpha value is -1.73. The Bertz CT molecular complexity index is 422. The number of nitriles is 1. The Kier molecular flexibility index (Phi) is 2.97. The highest BCUT2D eigenvalue weighted by molar-refractivity contribution is 5.68. The van der Waals surface area contributed by atoms with Gasteiger partial charge in [0, 0.05) is 12.6 Å². The average Bonchev–Trinajstić information content (AvgIpc) is 2.67. The zero-order chi connectivity index (χ0) is 11.5. The van der Waals surface area contributed by atoms with Crippen LogP contribution < -0.4 is 11.1 Å². The highest BCUT2D eigenvalue weighted by Crippen LogP contribution is 2.22. The van der Waals surface area contributed by atoms with Gasteiger partial charge in [-0.3, -0.25) is 0 Å². The molecule has 4 nitrogen and oxygen atoms in total.